The van der Waals surface area contributed by atoms with E-state index in [1.165, 1.54) is 46.2 Å². The molecule has 0 radical (unpaired) electrons. The van der Waals surface area contributed by atoms with E-state index in [4.69, 9.17) is 4.74 Å². The monoisotopic (exact) mass is 521 g/mol. The van der Waals surface area contributed by atoms with Crippen molar-refractivity contribution in [2.24, 2.45) is 0 Å². The van der Waals surface area contributed by atoms with Crippen molar-refractivity contribution in [3.8, 4) is 22.6 Å². The summed E-state index contributed by atoms with van der Waals surface area (Å²) in [6.07, 6.45) is 6.09. The quantitative estimate of drug-likeness (QED) is 0.261. The molecule has 7 heteroatoms. The molecule has 0 spiro atoms. The number of ether oxygens (including phenoxy) is 1. The Morgan fingerprint density at radius 1 is 0.974 bits per heavy atom. The summed E-state index contributed by atoms with van der Waals surface area (Å²) in [7, 11) is 0. The van der Waals surface area contributed by atoms with Crippen LogP contribution in [0.4, 0.5) is 5.69 Å². The van der Waals surface area contributed by atoms with Gasteiger partial charge in [-0.2, -0.15) is 0 Å². The van der Waals surface area contributed by atoms with Gasteiger partial charge in [0.2, 0.25) is 5.91 Å². The summed E-state index contributed by atoms with van der Waals surface area (Å²) in [5, 5.41) is 5.46. The van der Waals surface area contributed by atoms with E-state index >= 15 is 0 Å². The van der Waals surface area contributed by atoms with Gasteiger partial charge < -0.3 is 10.1 Å². The molecule has 0 fully saturated rings. The second kappa shape index (κ2) is 10.3. The summed E-state index contributed by atoms with van der Waals surface area (Å²) in [5.41, 5.74) is 5.09. The maximum atomic E-state index is 13.6. The number of rotatable bonds is 6. The number of anilines is 1. The van der Waals surface area contributed by atoms with Crippen LogP contribution in [0, 0.1) is 0 Å². The maximum Gasteiger partial charge on any atom is 0.263 e. The highest BCUT2D eigenvalue weighted by molar-refractivity contribution is 7.17. The molecule has 38 heavy (non-hydrogen) atoms. The summed E-state index contributed by atoms with van der Waals surface area (Å²) in [5.74, 6) is 1.11. The number of carbonyl (C=O) groups is 1. The highest BCUT2D eigenvalue weighted by Crippen LogP contribution is 2.34. The summed E-state index contributed by atoms with van der Waals surface area (Å²) in [6, 6.07) is 22.4. The van der Waals surface area contributed by atoms with Crippen molar-refractivity contribution in [2.75, 3.05) is 5.32 Å². The third-order valence-corrected chi connectivity index (χ3v) is 7.96. The number of hydrogen-bond donors (Lipinski definition) is 1. The van der Waals surface area contributed by atoms with Crippen LogP contribution in [0.2, 0.25) is 0 Å². The van der Waals surface area contributed by atoms with E-state index in [9.17, 15) is 9.59 Å². The number of aryl methyl sites for hydroxylation is 2. The van der Waals surface area contributed by atoms with Gasteiger partial charge in [-0.1, -0.05) is 36.4 Å². The molecule has 6 rings (SSSR count). The van der Waals surface area contributed by atoms with Crippen LogP contribution in [0.5, 0.6) is 11.5 Å². The van der Waals surface area contributed by atoms with E-state index in [1.54, 1.807) is 31.2 Å². The molecule has 1 atom stereocenters. The highest BCUT2D eigenvalue weighted by Gasteiger charge is 2.21. The molecule has 5 aromatic rings. The van der Waals surface area contributed by atoms with Gasteiger partial charge in [0.1, 0.15) is 22.4 Å². The number of carbonyl (C=O) groups excluding carboxylic acids is 1. The second-order valence-electron chi connectivity index (χ2n) is 9.58. The lowest BCUT2D eigenvalue weighted by Gasteiger charge is -2.17. The summed E-state index contributed by atoms with van der Waals surface area (Å²) in [6.45, 7) is 1.71. The van der Waals surface area contributed by atoms with Crippen molar-refractivity contribution < 1.29 is 9.53 Å². The first kappa shape index (κ1) is 24.1. The Morgan fingerprint density at radius 2 is 1.71 bits per heavy atom. The SMILES string of the molecule is CC(C(=O)Nc1ccc(Oc2ccccc2)cc1)n1cnc2scc(-c3ccc4c(c3)CCCC4)c2c1=O. The van der Waals surface area contributed by atoms with Crippen LogP contribution < -0.4 is 15.6 Å². The number of amides is 1. The minimum absolute atomic E-state index is 0.210. The Bertz CT molecular complexity index is 1670. The first-order valence-corrected chi connectivity index (χ1v) is 13.7. The van der Waals surface area contributed by atoms with Crippen molar-refractivity contribution in [3.05, 3.63) is 106 Å². The zero-order valence-electron chi connectivity index (χ0n) is 21.0. The molecule has 2 heterocycles. The fourth-order valence-corrected chi connectivity index (χ4v) is 5.85. The Balaban J connectivity index is 1.23. The van der Waals surface area contributed by atoms with Crippen LogP contribution in [0.25, 0.3) is 21.3 Å². The summed E-state index contributed by atoms with van der Waals surface area (Å²) in [4.78, 5) is 31.9. The van der Waals surface area contributed by atoms with Gasteiger partial charge in [0.05, 0.1) is 11.7 Å². The second-order valence-corrected chi connectivity index (χ2v) is 10.4. The number of nitrogens with one attached hydrogen (secondary N) is 1. The average Bonchev–Trinajstić information content (AvgIpc) is 3.39. The van der Waals surface area contributed by atoms with E-state index in [0.717, 1.165) is 29.7 Å². The summed E-state index contributed by atoms with van der Waals surface area (Å²) >= 11 is 1.46. The van der Waals surface area contributed by atoms with Crippen LogP contribution in [0.3, 0.4) is 0 Å². The van der Waals surface area contributed by atoms with Crippen molar-refractivity contribution in [1.82, 2.24) is 9.55 Å². The molecule has 1 aliphatic rings. The van der Waals surface area contributed by atoms with Gasteiger partial charge in [-0.05, 0) is 85.7 Å². The maximum absolute atomic E-state index is 13.6. The predicted molar refractivity (Wildman–Crippen MR) is 152 cm³/mol. The Hall–Kier alpha value is -4.23. The fourth-order valence-electron chi connectivity index (χ4n) is 4.94. The Labute approximate surface area is 224 Å². The molecule has 1 N–H and O–H groups in total. The van der Waals surface area contributed by atoms with Crippen LogP contribution in [0.15, 0.2) is 89.3 Å². The summed E-state index contributed by atoms with van der Waals surface area (Å²) < 4.78 is 7.23. The molecule has 190 valence electrons. The fraction of sp³-hybridized carbons (Fsp3) is 0.194. The van der Waals surface area contributed by atoms with Gasteiger partial charge >= 0.3 is 0 Å². The smallest absolute Gasteiger partial charge is 0.263 e. The molecule has 1 amide bonds. The topological polar surface area (TPSA) is 73.2 Å². The van der Waals surface area contributed by atoms with Crippen LogP contribution in [-0.4, -0.2) is 15.5 Å². The molecular weight excluding hydrogens is 494 g/mol. The molecule has 0 aliphatic heterocycles. The Kier molecular flexibility index (Phi) is 6.52. The first-order chi connectivity index (χ1) is 18.6. The molecule has 6 nitrogen and oxygen atoms in total. The minimum Gasteiger partial charge on any atom is -0.457 e. The van der Waals surface area contributed by atoms with Crippen LogP contribution >= 0.6 is 11.3 Å². The molecule has 1 unspecified atom stereocenters. The molecule has 0 saturated heterocycles. The minimum atomic E-state index is -0.740. The number of aromatic nitrogens is 2. The molecule has 0 bridgehead atoms. The standard InChI is InChI=1S/C31H27N3O3S/c1-20(29(35)33-24-13-15-26(16-14-24)37-25-9-3-2-4-10-25)34-19-32-30-28(31(34)36)27(18-38-30)23-12-11-21-7-5-6-8-22(21)17-23/h2-4,9-20H,5-8H2,1H3,(H,33,35). The van der Waals surface area contributed by atoms with Crippen molar-refractivity contribution >= 4 is 33.1 Å². The highest BCUT2D eigenvalue weighted by atomic mass is 32.1. The number of fused-ring (bicyclic) bond motifs is 2. The number of benzene rings is 3. The third kappa shape index (κ3) is 4.73. The largest absolute Gasteiger partial charge is 0.457 e. The van der Waals surface area contributed by atoms with Crippen LogP contribution in [-0.2, 0) is 17.6 Å². The first-order valence-electron chi connectivity index (χ1n) is 12.8. The lowest BCUT2D eigenvalue weighted by molar-refractivity contribution is -0.118. The lowest BCUT2D eigenvalue weighted by atomic mass is 9.89. The third-order valence-electron chi connectivity index (χ3n) is 7.08. The van der Waals surface area contributed by atoms with E-state index in [1.807, 2.05) is 35.7 Å². The molecular formula is C31H27N3O3S. The van der Waals surface area contributed by atoms with Gasteiger partial charge in [-0.15, -0.1) is 11.3 Å². The molecule has 3 aromatic carbocycles. The van der Waals surface area contributed by atoms with Gasteiger partial charge in [0, 0.05) is 16.6 Å². The van der Waals surface area contributed by atoms with E-state index in [0.29, 0.717) is 21.7 Å². The zero-order chi connectivity index (χ0) is 26.1. The zero-order valence-corrected chi connectivity index (χ0v) is 21.8. The average molecular weight is 522 g/mol. The number of hydrogen-bond acceptors (Lipinski definition) is 5. The predicted octanol–water partition coefficient (Wildman–Crippen LogP) is 7.00. The molecule has 0 saturated carbocycles. The number of thiophene rings is 1. The van der Waals surface area contributed by atoms with Gasteiger partial charge in [0.15, 0.2) is 0 Å². The van der Waals surface area contributed by atoms with Gasteiger partial charge in [0.25, 0.3) is 5.56 Å². The van der Waals surface area contributed by atoms with Crippen LogP contribution in [0.1, 0.15) is 36.9 Å². The van der Waals surface area contributed by atoms with E-state index in [-0.39, 0.29) is 11.5 Å². The number of nitrogens with zero attached hydrogens (tertiary/aromatic N) is 2. The van der Waals surface area contributed by atoms with Crippen molar-refractivity contribution in [2.45, 2.75) is 38.6 Å². The lowest BCUT2D eigenvalue weighted by Crippen LogP contribution is -2.31. The molecule has 2 aromatic heterocycles. The van der Waals surface area contributed by atoms with E-state index < -0.39 is 6.04 Å². The normalized spacial score (nSPS) is 13.6. The number of para-hydroxylation sites is 1. The van der Waals surface area contributed by atoms with Crippen molar-refractivity contribution in [1.29, 1.82) is 0 Å². The van der Waals surface area contributed by atoms with Gasteiger partial charge in [-0.3, -0.25) is 14.2 Å². The van der Waals surface area contributed by atoms with Gasteiger partial charge in [-0.25, -0.2) is 4.98 Å². The van der Waals surface area contributed by atoms with Crippen molar-refractivity contribution in [3.63, 3.8) is 0 Å². The van der Waals surface area contributed by atoms with E-state index in [2.05, 4.69) is 28.5 Å². The molecule has 1 aliphatic carbocycles. The Morgan fingerprint density at radius 3 is 2.50 bits per heavy atom.